The summed E-state index contributed by atoms with van der Waals surface area (Å²) in [5, 5.41) is 6.41. The lowest BCUT2D eigenvalue weighted by molar-refractivity contribution is 0.0955. The molecule has 2 nitrogen and oxygen atoms in total. The Balaban J connectivity index is 1.85. The predicted molar refractivity (Wildman–Crippen MR) is 87.1 cm³/mol. The number of thiophene rings is 2. The monoisotopic (exact) mass is 321 g/mol. The van der Waals surface area contributed by atoms with Crippen LogP contribution >= 0.6 is 34.3 Å². The Morgan fingerprint density at radius 3 is 2.95 bits per heavy atom. The normalized spacial score (nSPS) is 10.9. The van der Waals surface area contributed by atoms with E-state index in [1.165, 1.54) is 16.9 Å². The predicted octanol–water partition coefficient (Wildman–Crippen LogP) is 4.85. The van der Waals surface area contributed by atoms with Gasteiger partial charge in [-0.3, -0.25) is 4.79 Å². The van der Waals surface area contributed by atoms with E-state index in [1.54, 1.807) is 11.3 Å². The van der Waals surface area contributed by atoms with Crippen LogP contribution in [0, 0.1) is 6.92 Å². The fraction of sp³-hybridized carbons (Fsp3) is 0.133. The quantitative estimate of drug-likeness (QED) is 0.733. The number of aryl methyl sites for hydroxylation is 1. The number of carbonyl (C=O) groups excluding carboxylic acids is 1. The van der Waals surface area contributed by atoms with Gasteiger partial charge >= 0.3 is 0 Å². The average Bonchev–Trinajstić information content (AvgIpc) is 3.04. The molecule has 0 saturated carbocycles. The van der Waals surface area contributed by atoms with Gasteiger partial charge in [-0.2, -0.15) is 0 Å². The van der Waals surface area contributed by atoms with E-state index in [9.17, 15) is 4.79 Å². The van der Waals surface area contributed by atoms with E-state index in [2.05, 4.69) is 11.4 Å². The highest BCUT2D eigenvalue weighted by atomic mass is 35.5. The van der Waals surface area contributed by atoms with Crippen LogP contribution in [0.15, 0.2) is 35.7 Å². The second-order valence-corrected chi connectivity index (χ2v) is 6.97. The number of fused-ring (bicyclic) bond motifs is 1. The van der Waals surface area contributed by atoms with Crippen molar-refractivity contribution in [2.24, 2.45) is 0 Å². The molecule has 3 rings (SSSR count). The van der Waals surface area contributed by atoms with Crippen LogP contribution in [0.3, 0.4) is 0 Å². The van der Waals surface area contributed by atoms with Gasteiger partial charge in [-0.1, -0.05) is 29.8 Å². The van der Waals surface area contributed by atoms with Crippen molar-refractivity contribution in [3.05, 3.63) is 56.1 Å². The lowest BCUT2D eigenvalue weighted by Crippen LogP contribution is -2.21. The smallest absolute Gasteiger partial charge is 0.263 e. The first-order valence-corrected chi connectivity index (χ1v) is 8.22. The highest BCUT2D eigenvalue weighted by Gasteiger charge is 2.16. The Bertz CT molecular complexity index is 762. The molecule has 0 saturated heterocycles. The maximum absolute atomic E-state index is 12.2. The van der Waals surface area contributed by atoms with Crippen molar-refractivity contribution in [3.8, 4) is 0 Å². The molecule has 2 aromatic heterocycles. The third-order valence-corrected chi connectivity index (χ3v) is 5.53. The van der Waals surface area contributed by atoms with Gasteiger partial charge in [0, 0.05) is 15.0 Å². The number of halogens is 1. The molecule has 0 bridgehead atoms. The van der Waals surface area contributed by atoms with E-state index >= 15 is 0 Å². The first kappa shape index (κ1) is 13.6. The number of hydrogen-bond acceptors (Lipinski definition) is 3. The van der Waals surface area contributed by atoms with Gasteiger partial charge in [0.2, 0.25) is 0 Å². The fourth-order valence-corrected chi connectivity index (χ4v) is 4.16. The minimum Gasteiger partial charge on any atom is -0.346 e. The summed E-state index contributed by atoms with van der Waals surface area (Å²) >= 11 is 9.39. The van der Waals surface area contributed by atoms with Crippen molar-refractivity contribution in [1.82, 2.24) is 5.32 Å². The highest BCUT2D eigenvalue weighted by Crippen LogP contribution is 2.35. The number of amides is 1. The van der Waals surface area contributed by atoms with Crippen LogP contribution in [0.4, 0.5) is 0 Å². The van der Waals surface area contributed by atoms with Crippen molar-refractivity contribution in [3.63, 3.8) is 0 Å². The third kappa shape index (κ3) is 2.59. The molecule has 0 spiro atoms. The topological polar surface area (TPSA) is 29.1 Å². The third-order valence-electron chi connectivity index (χ3n) is 2.99. The number of hydrogen-bond donors (Lipinski definition) is 1. The Morgan fingerprint density at radius 1 is 1.35 bits per heavy atom. The first-order chi connectivity index (χ1) is 9.65. The van der Waals surface area contributed by atoms with Gasteiger partial charge in [0.1, 0.15) is 4.88 Å². The maximum Gasteiger partial charge on any atom is 0.263 e. The minimum atomic E-state index is -0.109. The molecule has 0 unspecified atom stereocenters. The summed E-state index contributed by atoms with van der Waals surface area (Å²) in [6.45, 7) is 2.57. The van der Waals surface area contributed by atoms with Crippen LogP contribution in [0.1, 0.15) is 20.1 Å². The summed E-state index contributed by atoms with van der Waals surface area (Å²) in [6, 6.07) is 10.0. The lowest BCUT2D eigenvalue weighted by Gasteiger charge is -2.01. The summed E-state index contributed by atoms with van der Waals surface area (Å²) in [5.74, 6) is -0.109. The van der Waals surface area contributed by atoms with Crippen LogP contribution in [-0.4, -0.2) is 5.91 Å². The van der Waals surface area contributed by atoms with Gasteiger partial charge in [-0.25, -0.2) is 0 Å². The van der Waals surface area contributed by atoms with Crippen molar-refractivity contribution in [2.45, 2.75) is 13.5 Å². The summed E-state index contributed by atoms with van der Waals surface area (Å²) in [7, 11) is 0. The van der Waals surface area contributed by atoms with Crippen LogP contribution in [0.2, 0.25) is 5.02 Å². The van der Waals surface area contributed by atoms with Gasteiger partial charge in [-0.05, 0) is 30.0 Å². The average molecular weight is 322 g/mol. The summed E-state index contributed by atoms with van der Waals surface area (Å²) in [5.41, 5.74) is 1.17. The number of benzene rings is 1. The molecule has 1 aromatic carbocycles. The molecule has 5 heteroatoms. The molecule has 0 aliphatic rings. The standard InChI is InChI=1S/C15H12ClNOS2/c1-9-4-5-11-12(7-9)20-14(13(11)16)15(18)17-8-10-3-2-6-19-10/h2-7H,8H2,1H3,(H,17,18). The second-order valence-electron chi connectivity index (χ2n) is 4.51. The Labute approximate surface area is 130 Å². The minimum absolute atomic E-state index is 0.109. The molecule has 1 N–H and O–H groups in total. The van der Waals surface area contributed by atoms with Crippen LogP contribution in [0.5, 0.6) is 0 Å². The molecule has 0 atom stereocenters. The maximum atomic E-state index is 12.2. The molecule has 2 heterocycles. The number of rotatable bonds is 3. The van der Waals surface area contributed by atoms with E-state index in [4.69, 9.17) is 11.6 Å². The van der Waals surface area contributed by atoms with Crippen molar-refractivity contribution in [1.29, 1.82) is 0 Å². The van der Waals surface area contributed by atoms with Gasteiger partial charge in [0.25, 0.3) is 5.91 Å². The second kappa shape index (κ2) is 5.56. The van der Waals surface area contributed by atoms with Gasteiger partial charge in [0.05, 0.1) is 11.6 Å². The van der Waals surface area contributed by atoms with Crippen molar-refractivity contribution < 1.29 is 4.79 Å². The summed E-state index contributed by atoms with van der Waals surface area (Å²) < 4.78 is 1.05. The molecule has 0 fully saturated rings. The van der Waals surface area contributed by atoms with E-state index in [1.807, 2.05) is 36.6 Å². The van der Waals surface area contributed by atoms with Crippen molar-refractivity contribution in [2.75, 3.05) is 0 Å². The highest BCUT2D eigenvalue weighted by molar-refractivity contribution is 7.21. The van der Waals surface area contributed by atoms with E-state index in [0.717, 1.165) is 15.0 Å². The Hall–Kier alpha value is -1.36. The zero-order valence-corrected chi connectivity index (χ0v) is 13.2. The fourth-order valence-electron chi connectivity index (χ4n) is 1.98. The molecule has 0 radical (unpaired) electrons. The summed E-state index contributed by atoms with van der Waals surface area (Å²) in [6.07, 6.45) is 0. The largest absolute Gasteiger partial charge is 0.346 e. The van der Waals surface area contributed by atoms with Gasteiger partial charge in [0.15, 0.2) is 0 Å². The van der Waals surface area contributed by atoms with E-state index in [0.29, 0.717) is 16.4 Å². The zero-order chi connectivity index (χ0) is 14.1. The number of carbonyl (C=O) groups is 1. The van der Waals surface area contributed by atoms with E-state index < -0.39 is 0 Å². The Kier molecular flexibility index (Phi) is 3.78. The van der Waals surface area contributed by atoms with Crippen LogP contribution in [-0.2, 0) is 6.54 Å². The molecule has 20 heavy (non-hydrogen) atoms. The Morgan fingerprint density at radius 2 is 2.20 bits per heavy atom. The molecule has 0 aliphatic carbocycles. The molecule has 0 aliphatic heterocycles. The van der Waals surface area contributed by atoms with Gasteiger partial charge in [-0.15, -0.1) is 22.7 Å². The lowest BCUT2D eigenvalue weighted by atomic mass is 10.2. The molecule has 102 valence electrons. The van der Waals surface area contributed by atoms with Gasteiger partial charge < -0.3 is 5.32 Å². The molecule has 1 amide bonds. The van der Waals surface area contributed by atoms with Crippen LogP contribution < -0.4 is 5.32 Å². The SMILES string of the molecule is Cc1ccc2c(Cl)c(C(=O)NCc3cccs3)sc2c1. The van der Waals surface area contributed by atoms with Crippen LogP contribution in [0.25, 0.3) is 10.1 Å². The summed E-state index contributed by atoms with van der Waals surface area (Å²) in [4.78, 5) is 14.0. The number of nitrogens with one attached hydrogen (secondary N) is 1. The molecular formula is C15H12ClNOS2. The first-order valence-electron chi connectivity index (χ1n) is 6.14. The molecular weight excluding hydrogens is 310 g/mol. The molecule has 3 aromatic rings. The zero-order valence-electron chi connectivity index (χ0n) is 10.8. The van der Waals surface area contributed by atoms with E-state index in [-0.39, 0.29) is 5.91 Å². The van der Waals surface area contributed by atoms with Crippen molar-refractivity contribution >= 4 is 50.3 Å².